The predicted octanol–water partition coefficient (Wildman–Crippen LogP) is 7.92. The molecule has 0 heterocycles. The Morgan fingerprint density at radius 2 is 1.02 bits per heavy atom. The number of hydrogen-bond donors (Lipinski definition) is 2. The minimum absolute atomic E-state index is 0.158. The number of amides is 2. The molecule has 0 radical (unpaired) electrons. The van der Waals surface area contributed by atoms with Crippen LogP contribution in [0.2, 0.25) is 0 Å². The lowest BCUT2D eigenvalue weighted by Crippen LogP contribution is -2.23. The van der Waals surface area contributed by atoms with E-state index in [1.54, 1.807) is 0 Å². The summed E-state index contributed by atoms with van der Waals surface area (Å²) in [6.45, 7) is 6.24. The Labute approximate surface area is 256 Å². The van der Waals surface area contributed by atoms with Crippen molar-refractivity contribution >= 4 is 33.4 Å². The Hall–Kier alpha value is -3.88. The second-order valence-corrected chi connectivity index (χ2v) is 11.7. The molecule has 4 rings (SSSR count). The summed E-state index contributed by atoms with van der Waals surface area (Å²) < 4.78 is 11.4. The Kier molecular flexibility index (Phi) is 12.2. The van der Waals surface area contributed by atoms with E-state index in [0.29, 0.717) is 37.4 Å². The lowest BCUT2D eigenvalue weighted by atomic mass is 10.2. The van der Waals surface area contributed by atoms with Crippen molar-refractivity contribution in [2.75, 3.05) is 13.2 Å². The molecule has 4 aromatic rings. The van der Waals surface area contributed by atoms with Crippen molar-refractivity contribution < 1.29 is 19.1 Å². The molecule has 8 heteroatoms. The minimum Gasteiger partial charge on any atom is -0.494 e. The van der Waals surface area contributed by atoms with Crippen LogP contribution in [0.1, 0.15) is 58.5 Å². The molecular weight excluding hydrogens is 565 g/mol. The monoisotopic (exact) mass is 600 g/mol. The highest BCUT2D eigenvalue weighted by atomic mass is 33.1. The van der Waals surface area contributed by atoms with Gasteiger partial charge in [-0.15, -0.1) is 0 Å². The minimum atomic E-state index is -0.158. The summed E-state index contributed by atoms with van der Waals surface area (Å²) in [6, 6.07) is 30.5. The van der Waals surface area contributed by atoms with E-state index in [4.69, 9.17) is 9.47 Å². The van der Waals surface area contributed by atoms with Gasteiger partial charge in [-0.2, -0.15) is 0 Å². The molecule has 0 fully saturated rings. The fourth-order valence-electron chi connectivity index (χ4n) is 4.03. The van der Waals surface area contributed by atoms with Crippen molar-refractivity contribution in [2.45, 2.75) is 49.6 Å². The van der Waals surface area contributed by atoms with Crippen LogP contribution < -0.4 is 20.1 Å². The Bertz CT molecular complexity index is 1370. The molecule has 0 saturated heterocycles. The van der Waals surface area contributed by atoms with Crippen molar-refractivity contribution in [2.24, 2.45) is 0 Å². The maximum atomic E-state index is 13.1. The van der Waals surface area contributed by atoms with Crippen LogP contribution in [0, 0.1) is 0 Å². The third-order valence-electron chi connectivity index (χ3n) is 6.13. The zero-order valence-corrected chi connectivity index (χ0v) is 25.6. The number of benzene rings is 4. The molecule has 6 nitrogen and oxygen atoms in total. The third-order valence-corrected chi connectivity index (χ3v) is 8.62. The number of rotatable bonds is 15. The summed E-state index contributed by atoms with van der Waals surface area (Å²) in [6.07, 6.45) is 1.87. The van der Waals surface area contributed by atoms with E-state index in [1.807, 2.05) is 97.1 Å². The molecule has 0 spiro atoms. The van der Waals surface area contributed by atoms with E-state index < -0.39 is 0 Å². The van der Waals surface area contributed by atoms with Crippen LogP contribution in [0.5, 0.6) is 11.5 Å². The van der Waals surface area contributed by atoms with Gasteiger partial charge >= 0.3 is 0 Å². The van der Waals surface area contributed by atoms with Crippen LogP contribution in [0.25, 0.3) is 0 Å². The lowest BCUT2D eigenvalue weighted by Gasteiger charge is -2.12. The molecular formula is C34H36N2O4S2. The Morgan fingerprint density at radius 3 is 1.45 bits per heavy atom. The van der Waals surface area contributed by atoms with Crippen LogP contribution in [0.15, 0.2) is 107 Å². The summed E-state index contributed by atoms with van der Waals surface area (Å²) in [5.74, 6) is 1.28. The molecule has 0 aliphatic rings. The first-order valence-electron chi connectivity index (χ1n) is 14.1. The molecule has 2 amide bonds. The Balaban J connectivity index is 1.37. The Morgan fingerprint density at radius 1 is 0.595 bits per heavy atom. The molecule has 42 heavy (non-hydrogen) atoms. The molecule has 0 bridgehead atoms. The van der Waals surface area contributed by atoms with Gasteiger partial charge in [0.15, 0.2) is 0 Å². The van der Waals surface area contributed by atoms with Gasteiger partial charge in [-0.05, 0) is 72.5 Å². The second kappa shape index (κ2) is 16.5. The van der Waals surface area contributed by atoms with E-state index in [-0.39, 0.29) is 11.8 Å². The van der Waals surface area contributed by atoms with Crippen LogP contribution in [0.4, 0.5) is 0 Å². The first-order valence-corrected chi connectivity index (χ1v) is 16.2. The maximum Gasteiger partial charge on any atom is 0.252 e. The van der Waals surface area contributed by atoms with E-state index in [9.17, 15) is 9.59 Å². The van der Waals surface area contributed by atoms with Gasteiger partial charge < -0.3 is 20.1 Å². The zero-order valence-electron chi connectivity index (χ0n) is 23.9. The van der Waals surface area contributed by atoms with Gasteiger partial charge in [0, 0.05) is 22.9 Å². The van der Waals surface area contributed by atoms with Crippen LogP contribution in [-0.2, 0) is 13.1 Å². The van der Waals surface area contributed by atoms with Gasteiger partial charge in [0.2, 0.25) is 0 Å². The molecule has 0 atom stereocenters. The van der Waals surface area contributed by atoms with E-state index in [2.05, 4.69) is 24.5 Å². The van der Waals surface area contributed by atoms with Crippen molar-refractivity contribution in [1.82, 2.24) is 10.6 Å². The van der Waals surface area contributed by atoms with Gasteiger partial charge in [0.25, 0.3) is 11.8 Å². The molecule has 218 valence electrons. The summed E-state index contributed by atoms with van der Waals surface area (Å²) >= 11 is 0. The molecule has 2 N–H and O–H groups in total. The lowest BCUT2D eigenvalue weighted by molar-refractivity contribution is 0.0940. The predicted molar refractivity (Wildman–Crippen MR) is 171 cm³/mol. The maximum absolute atomic E-state index is 13.1. The number of carbonyl (C=O) groups is 2. The molecule has 0 unspecified atom stereocenters. The largest absolute Gasteiger partial charge is 0.494 e. The first-order chi connectivity index (χ1) is 20.6. The molecule has 0 aliphatic heterocycles. The van der Waals surface area contributed by atoms with Crippen molar-refractivity contribution in [3.8, 4) is 11.5 Å². The van der Waals surface area contributed by atoms with Gasteiger partial charge in [-0.25, -0.2) is 0 Å². The number of carbonyl (C=O) groups excluding carboxylic acids is 2. The van der Waals surface area contributed by atoms with Crippen LogP contribution in [-0.4, -0.2) is 25.0 Å². The summed E-state index contributed by atoms with van der Waals surface area (Å²) in [4.78, 5) is 27.9. The standard InChI is InChI=1S/C34H36N2O4S2/c1-3-19-39-27-13-9-11-25(21-27)23-35-33(37)29-15-5-7-17-31(29)41-42-32-18-8-6-16-30(32)34(38)36-24-26-12-10-14-28(22-26)40-20-4-2/h5-18,21-22H,3-4,19-20,23-24H2,1-2H3,(H,35,37)(H,36,38). The number of nitrogens with one attached hydrogen (secondary N) is 2. The van der Waals surface area contributed by atoms with E-state index in [0.717, 1.165) is 45.3 Å². The molecule has 0 aromatic heterocycles. The van der Waals surface area contributed by atoms with E-state index >= 15 is 0 Å². The second-order valence-electron chi connectivity index (χ2n) is 9.52. The highest BCUT2D eigenvalue weighted by Gasteiger charge is 2.15. The molecule has 0 saturated carbocycles. The van der Waals surface area contributed by atoms with Gasteiger partial charge in [0.1, 0.15) is 11.5 Å². The quantitative estimate of drug-likeness (QED) is 0.135. The van der Waals surface area contributed by atoms with Crippen LogP contribution >= 0.6 is 21.6 Å². The number of hydrogen-bond acceptors (Lipinski definition) is 6. The topological polar surface area (TPSA) is 76.7 Å². The van der Waals surface area contributed by atoms with Gasteiger partial charge in [-0.1, -0.05) is 84.0 Å². The van der Waals surface area contributed by atoms with Gasteiger partial charge in [0.05, 0.1) is 24.3 Å². The average Bonchev–Trinajstić information content (AvgIpc) is 3.04. The fraction of sp³-hybridized carbons (Fsp3) is 0.235. The summed E-state index contributed by atoms with van der Waals surface area (Å²) in [5.41, 5.74) is 3.11. The highest BCUT2D eigenvalue weighted by molar-refractivity contribution is 8.76. The molecule has 4 aromatic carbocycles. The zero-order chi connectivity index (χ0) is 29.6. The van der Waals surface area contributed by atoms with Crippen molar-refractivity contribution in [3.05, 3.63) is 119 Å². The van der Waals surface area contributed by atoms with Crippen molar-refractivity contribution in [3.63, 3.8) is 0 Å². The molecule has 0 aliphatic carbocycles. The van der Waals surface area contributed by atoms with E-state index in [1.165, 1.54) is 21.6 Å². The first kappa shape index (κ1) is 31.1. The average molecular weight is 601 g/mol. The smallest absolute Gasteiger partial charge is 0.252 e. The summed E-state index contributed by atoms with van der Waals surface area (Å²) in [5, 5.41) is 6.05. The number of ether oxygens (including phenoxy) is 2. The SMILES string of the molecule is CCCOc1cccc(CNC(=O)c2ccccc2SSc2ccccc2C(=O)NCc2cccc(OCCC)c2)c1. The fourth-order valence-corrected chi connectivity index (χ4v) is 6.39. The third kappa shape index (κ3) is 9.33. The normalized spacial score (nSPS) is 10.6. The van der Waals surface area contributed by atoms with Crippen LogP contribution in [0.3, 0.4) is 0 Å². The van der Waals surface area contributed by atoms with Gasteiger partial charge in [-0.3, -0.25) is 9.59 Å². The summed E-state index contributed by atoms with van der Waals surface area (Å²) in [7, 11) is 2.91. The van der Waals surface area contributed by atoms with Crippen molar-refractivity contribution in [1.29, 1.82) is 0 Å². The highest BCUT2D eigenvalue weighted by Crippen LogP contribution is 2.40.